The zero-order chi connectivity index (χ0) is 23.1. The van der Waals surface area contributed by atoms with Gasteiger partial charge in [0.05, 0.1) is 33.7 Å². The van der Waals surface area contributed by atoms with Gasteiger partial charge in [0.25, 0.3) is 0 Å². The molecule has 0 saturated heterocycles. The molecule has 1 aliphatic carbocycles. The van der Waals surface area contributed by atoms with Crippen molar-refractivity contribution in [1.29, 1.82) is 0 Å². The van der Waals surface area contributed by atoms with Crippen LogP contribution in [0.5, 0.6) is 0 Å². The van der Waals surface area contributed by atoms with E-state index in [-0.39, 0.29) is 5.41 Å². The van der Waals surface area contributed by atoms with Crippen LogP contribution in [0.25, 0.3) is 27.8 Å². The maximum Gasteiger partial charge on any atom is 0.0829 e. The standard InChI is InChI=1S/C30H28N4/c1-21-19-23(20-22(2)31-21)26-14-10-16-28(32-26)30(17-8-9-18-30)29-25-13-6-7-15-27(25)34(33-29)24-11-4-3-5-12-24/h3-7,10-16,19-20H,8-9,17-18H2,1-2H3. The molecule has 34 heavy (non-hydrogen) atoms. The average molecular weight is 445 g/mol. The second-order valence-corrected chi connectivity index (χ2v) is 9.45. The van der Waals surface area contributed by atoms with Crippen molar-refractivity contribution in [3.05, 3.63) is 108 Å². The van der Waals surface area contributed by atoms with Gasteiger partial charge in [0.2, 0.25) is 0 Å². The van der Waals surface area contributed by atoms with E-state index in [1.807, 2.05) is 19.9 Å². The van der Waals surface area contributed by atoms with Crippen LogP contribution >= 0.6 is 0 Å². The molecular formula is C30H28N4. The number of aromatic nitrogens is 4. The van der Waals surface area contributed by atoms with E-state index >= 15 is 0 Å². The molecular weight excluding hydrogens is 416 g/mol. The highest BCUT2D eigenvalue weighted by Crippen LogP contribution is 2.48. The molecule has 0 bridgehead atoms. The maximum atomic E-state index is 5.29. The van der Waals surface area contributed by atoms with Crippen LogP contribution in [0.3, 0.4) is 0 Å². The van der Waals surface area contributed by atoms with Crippen LogP contribution in [0.2, 0.25) is 0 Å². The Hall–Kier alpha value is -3.79. The van der Waals surface area contributed by atoms with Gasteiger partial charge in [-0.2, -0.15) is 5.10 Å². The number of fused-ring (bicyclic) bond motifs is 1. The summed E-state index contributed by atoms with van der Waals surface area (Å²) in [5.74, 6) is 0. The maximum absolute atomic E-state index is 5.29. The summed E-state index contributed by atoms with van der Waals surface area (Å²) in [6.45, 7) is 4.09. The number of hydrogen-bond acceptors (Lipinski definition) is 3. The fraction of sp³-hybridized carbons (Fsp3) is 0.233. The van der Waals surface area contributed by atoms with E-state index < -0.39 is 0 Å². The van der Waals surface area contributed by atoms with E-state index in [9.17, 15) is 0 Å². The summed E-state index contributed by atoms with van der Waals surface area (Å²) < 4.78 is 2.10. The Morgan fingerprint density at radius 3 is 2.21 bits per heavy atom. The topological polar surface area (TPSA) is 43.6 Å². The highest BCUT2D eigenvalue weighted by Gasteiger charge is 2.42. The van der Waals surface area contributed by atoms with Crippen LogP contribution < -0.4 is 0 Å². The summed E-state index contributed by atoms with van der Waals surface area (Å²) in [5, 5.41) is 6.51. The van der Waals surface area contributed by atoms with Crippen molar-refractivity contribution in [2.75, 3.05) is 0 Å². The van der Waals surface area contributed by atoms with E-state index in [4.69, 9.17) is 10.1 Å². The third-order valence-electron chi connectivity index (χ3n) is 7.12. The van der Waals surface area contributed by atoms with Gasteiger partial charge in [0, 0.05) is 22.3 Å². The number of para-hydroxylation sites is 2. The second-order valence-electron chi connectivity index (χ2n) is 9.45. The van der Waals surface area contributed by atoms with Gasteiger partial charge in [-0.25, -0.2) is 4.68 Å². The first-order chi connectivity index (χ1) is 16.6. The minimum atomic E-state index is -0.188. The van der Waals surface area contributed by atoms with Crippen LogP contribution in [0.4, 0.5) is 0 Å². The Bertz CT molecular complexity index is 1460. The summed E-state index contributed by atoms with van der Waals surface area (Å²) in [6.07, 6.45) is 4.50. The zero-order valence-corrected chi connectivity index (χ0v) is 19.7. The summed E-state index contributed by atoms with van der Waals surface area (Å²) in [6, 6.07) is 29.8. The van der Waals surface area contributed by atoms with E-state index in [2.05, 4.69) is 88.5 Å². The molecule has 0 N–H and O–H groups in total. The monoisotopic (exact) mass is 444 g/mol. The molecule has 1 fully saturated rings. The molecule has 1 aliphatic rings. The Kier molecular flexibility index (Phi) is 5.02. The van der Waals surface area contributed by atoms with Crippen LogP contribution in [0.1, 0.15) is 48.5 Å². The predicted molar refractivity (Wildman–Crippen MR) is 137 cm³/mol. The minimum absolute atomic E-state index is 0.188. The molecule has 0 aliphatic heterocycles. The SMILES string of the molecule is Cc1cc(-c2cccc(C3(c4nn(-c5ccccc5)c5ccccc45)CCCC3)n2)cc(C)n1. The number of benzene rings is 2. The number of hydrogen-bond donors (Lipinski definition) is 0. The number of aryl methyl sites for hydroxylation is 2. The van der Waals surface area contributed by atoms with Crippen molar-refractivity contribution >= 4 is 10.9 Å². The molecule has 0 atom stereocenters. The third-order valence-corrected chi connectivity index (χ3v) is 7.12. The van der Waals surface area contributed by atoms with Crippen LogP contribution in [-0.2, 0) is 5.41 Å². The Labute approximate surface area is 200 Å². The summed E-state index contributed by atoms with van der Waals surface area (Å²) in [5.41, 5.74) is 8.48. The molecule has 0 unspecified atom stereocenters. The molecule has 6 rings (SSSR count). The smallest absolute Gasteiger partial charge is 0.0829 e. The lowest BCUT2D eigenvalue weighted by Crippen LogP contribution is -2.26. The van der Waals surface area contributed by atoms with Gasteiger partial charge in [0.1, 0.15) is 0 Å². The highest BCUT2D eigenvalue weighted by atomic mass is 15.3. The Balaban J connectivity index is 1.55. The molecule has 5 aromatic rings. The van der Waals surface area contributed by atoms with Gasteiger partial charge in [0.15, 0.2) is 0 Å². The number of pyridine rings is 2. The second kappa shape index (κ2) is 8.21. The lowest BCUT2D eigenvalue weighted by Gasteiger charge is -2.27. The summed E-state index contributed by atoms with van der Waals surface area (Å²) >= 11 is 0. The fourth-order valence-corrected chi connectivity index (χ4v) is 5.62. The number of nitrogens with zero attached hydrogens (tertiary/aromatic N) is 4. The highest BCUT2D eigenvalue weighted by molar-refractivity contribution is 5.85. The molecule has 1 saturated carbocycles. The summed E-state index contributed by atoms with van der Waals surface area (Å²) in [7, 11) is 0. The molecule has 3 aromatic heterocycles. The fourth-order valence-electron chi connectivity index (χ4n) is 5.62. The predicted octanol–water partition coefficient (Wildman–Crippen LogP) is 6.96. The lowest BCUT2D eigenvalue weighted by atomic mass is 9.77. The van der Waals surface area contributed by atoms with Crippen molar-refractivity contribution in [1.82, 2.24) is 19.7 Å². The van der Waals surface area contributed by atoms with E-state index in [1.165, 1.54) is 18.2 Å². The van der Waals surface area contributed by atoms with Crippen molar-refractivity contribution < 1.29 is 0 Å². The molecule has 0 amide bonds. The van der Waals surface area contributed by atoms with Crippen molar-refractivity contribution in [3.8, 4) is 16.9 Å². The average Bonchev–Trinajstić information content (AvgIpc) is 3.50. The van der Waals surface area contributed by atoms with Crippen LogP contribution in [0.15, 0.2) is 84.9 Å². The van der Waals surface area contributed by atoms with Crippen LogP contribution in [-0.4, -0.2) is 19.7 Å². The quantitative estimate of drug-likeness (QED) is 0.301. The van der Waals surface area contributed by atoms with Gasteiger partial charge in [-0.3, -0.25) is 9.97 Å². The Morgan fingerprint density at radius 2 is 1.44 bits per heavy atom. The molecule has 0 radical (unpaired) electrons. The van der Waals surface area contributed by atoms with Gasteiger partial charge < -0.3 is 0 Å². The van der Waals surface area contributed by atoms with Gasteiger partial charge in [-0.05, 0) is 69.2 Å². The van der Waals surface area contributed by atoms with Gasteiger partial charge in [-0.15, -0.1) is 0 Å². The number of rotatable bonds is 4. The molecule has 168 valence electrons. The normalized spacial score (nSPS) is 15.1. The first-order valence-corrected chi connectivity index (χ1v) is 12.1. The van der Waals surface area contributed by atoms with Gasteiger partial charge >= 0.3 is 0 Å². The van der Waals surface area contributed by atoms with E-state index in [1.54, 1.807) is 0 Å². The van der Waals surface area contributed by atoms with Crippen molar-refractivity contribution in [2.45, 2.75) is 44.9 Å². The van der Waals surface area contributed by atoms with E-state index in [0.717, 1.165) is 58.1 Å². The first-order valence-electron chi connectivity index (χ1n) is 12.1. The van der Waals surface area contributed by atoms with Gasteiger partial charge in [-0.1, -0.05) is 55.3 Å². The minimum Gasteiger partial charge on any atom is -0.258 e. The lowest BCUT2D eigenvalue weighted by molar-refractivity contribution is 0.501. The molecule has 4 nitrogen and oxygen atoms in total. The molecule has 0 spiro atoms. The summed E-state index contributed by atoms with van der Waals surface area (Å²) in [4.78, 5) is 9.81. The van der Waals surface area contributed by atoms with Crippen molar-refractivity contribution in [3.63, 3.8) is 0 Å². The molecule has 3 heterocycles. The Morgan fingerprint density at radius 1 is 0.735 bits per heavy atom. The molecule has 2 aromatic carbocycles. The molecule has 4 heteroatoms. The largest absolute Gasteiger partial charge is 0.258 e. The van der Waals surface area contributed by atoms with Crippen molar-refractivity contribution in [2.24, 2.45) is 0 Å². The third kappa shape index (κ3) is 3.41. The first kappa shape index (κ1) is 20.8. The zero-order valence-electron chi connectivity index (χ0n) is 19.7. The van der Waals surface area contributed by atoms with Crippen LogP contribution in [0, 0.1) is 13.8 Å². The van der Waals surface area contributed by atoms with E-state index in [0.29, 0.717) is 0 Å².